The molecule has 2 fully saturated rings. The van der Waals surface area contributed by atoms with E-state index in [4.69, 9.17) is 10.5 Å². The van der Waals surface area contributed by atoms with E-state index >= 15 is 0 Å². The molecule has 0 aliphatic carbocycles. The number of hydrogen-bond acceptors (Lipinski definition) is 5. The monoisotopic (exact) mass is 388 g/mol. The van der Waals surface area contributed by atoms with E-state index in [9.17, 15) is 14.4 Å². The highest BCUT2D eigenvalue weighted by Gasteiger charge is 2.42. The zero-order chi connectivity index (χ0) is 20.1. The second-order valence-electron chi connectivity index (χ2n) is 7.21. The van der Waals surface area contributed by atoms with Crippen molar-refractivity contribution < 1.29 is 19.1 Å². The fraction of sp³-hybridized carbons (Fsp3) is 0.550. The van der Waals surface area contributed by atoms with Crippen LogP contribution in [0.25, 0.3) is 0 Å². The van der Waals surface area contributed by atoms with E-state index in [2.05, 4.69) is 5.32 Å². The number of nitrogens with one attached hydrogen (secondary N) is 1. The Morgan fingerprint density at radius 1 is 1.21 bits per heavy atom. The largest absolute Gasteiger partial charge is 0.368 e. The Morgan fingerprint density at radius 2 is 2.00 bits per heavy atom. The summed E-state index contributed by atoms with van der Waals surface area (Å²) in [6, 6.07) is 7.24. The van der Waals surface area contributed by atoms with Crippen LogP contribution in [-0.4, -0.2) is 72.6 Å². The lowest BCUT2D eigenvalue weighted by molar-refractivity contribution is -0.155. The van der Waals surface area contributed by atoms with Crippen molar-refractivity contribution in [3.63, 3.8) is 0 Å². The van der Waals surface area contributed by atoms with Crippen LogP contribution in [0.3, 0.4) is 0 Å². The second kappa shape index (κ2) is 9.16. The number of aryl methyl sites for hydroxylation is 1. The Balaban J connectivity index is 1.88. The van der Waals surface area contributed by atoms with Gasteiger partial charge in [0.15, 0.2) is 6.17 Å². The SMILES string of the molecule is Cc1cccc(C(=O)N2CCCN(C(=O)C3CCCO3)C2C(=O)NCCN)c1. The molecule has 2 heterocycles. The quantitative estimate of drug-likeness (QED) is 0.752. The summed E-state index contributed by atoms with van der Waals surface area (Å²) in [4.78, 5) is 42.1. The van der Waals surface area contributed by atoms with Gasteiger partial charge in [-0.05, 0) is 38.3 Å². The minimum atomic E-state index is -0.995. The minimum Gasteiger partial charge on any atom is -0.368 e. The van der Waals surface area contributed by atoms with Crippen LogP contribution >= 0.6 is 0 Å². The molecule has 2 aliphatic heterocycles. The van der Waals surface area contributed by atoms with Crippen molar-refractivity contribution in [2.45, 2.75) is 38.5 Å². The van der Waals surface area contributed by atoms with E-state index < -0.39 is 18.2 Å². The highest BCUT2D eigenvalue weighted by Crippen LogP contribution is 2.23. The van der Waals surface area contributed by atoms with E-state index in [1.54, 1.807) is 12.1 Å². The number of rotatable bonds is 5. The van der Waals surface area contributed by atoms with Gasteiger partial charge in [0, 0.05) is 38.3 Å². The molecule has 3 rings (SSSR count). The first-order valence-corrected chi connectivity index (χ1v) is 9.80. The summed E-state index contributed by atoms with van der Waals surface area (Å²) < 4.78 is 5.53. The van der Waals surface area contributed by atoms with E-state index in [0.29, 0.717) is 38.1 Å². The molecule has 28 heavy (non-hydrogen) atoms. The molecule has 0 aromatic heterocycles. The van der Waals surface area contributed by atoms with Crippen LogP contribution in [-0.2, 0) is 14.3 Å². The molecule has 0 saturated carbocycles. The van der Waals surface area contributed by atoms with Crippen molar-refractivity contribution in [3.05, 3.63) is 35.4 Å². The number of amides is 3. The van der Waals surface area contributed by atoms with Crippen molar-refractivity contribution >= 4 is 17.7 Å². The maximum absolute atomic E-state index is 13.2. The van der Waals surface area contributed by atoms with Crippen LogP contribution in [0.4, 0.5) is 0 Å². The molecular formula is C20H28N4O4. The normalized spacial score (nSPS) is 22.2. The smallest absolute Gasteiger partial charge is 0.263 e. The first-order valence-electron chi connectivity index (χ1n) is 9.80. The number of hydrogen-bond donors (Lipinski definition) is 2. The summed E-state index contributed by atoms with van der Waals surface area (Å²) in [6.07, 6.45) is 0.527. The maximum atomic E-state index is 13.2. The van der Waals surface area contributed by atoms with Gasteiger partial charge in [0.05, 0.1) is 0 Å². The second-order valence-corrected chi connectivity index (χ2v) is 7.21. The highest BCUT2D eigenvalue weighted by molar-refractivity contribution is 5.99. The fourth-order valence-corrected chi connectivity index (χ4v) is 3.74. The maximum Gasteiger partial charge on any atom is 0.263 e. The summed E-state index contributed by atoms with van der Waals surface area (Å²) in [5, 5.41) is 2.73. The Kier molecular flexibility index (Phi) is 6.64. The molecule has 0 radical (unpaired) electrons. The van der Waals surface area contributed by atoms with Crippen LogP contribution in [0.1, 0.15) is 35.2 Å². The zero-order valence-corrected chi connectivity index (χ0v) is 16.2. The third-order valence-corrected chi connectivity index (χ3v) is 5.08. The van der Waals surface area contributed by atoms with Gasteiger partial charge in [0.2, 0.25) is 0 Å². The molecule has 8 nitrogen and oxygen atoms in total. The van der Waals surface area contributed by atoms with Crippen molar-refractivity contribution in [2.24, 2.45) is 5.73 Å². The molecule has 8 heteroatoms. The summed E-state index contributed by atoms with van der Waals surface area (Å²) in [5.41, 5.74) is 6.97. The number of carbonyl (C=O) groups is 3. The van der Waals surface area contributed by atoms with Crippen LogP contribution in [0, 0.1) is 6.92 Å². The van der Waals surface area contributed by atoms with Gasteiger partial charge in [-0.2, -0.15) is 0 Å². The van der Waals surface area contributed by atoms with Gasteiger partial charge in [-0.1, -0.05) is 17.7 Å². The van der Waals surface area contributed by atoms with Gasteiger partial charge in [-0.15, -0.1) is 0 Å². The van der Waals surface area contributed by atoms with Gasteiger partial charge in [-0.3, -0.25) is 14.4 Å². The fourth-order valence-electron chi connectivity index (χ4n) is 3.74. The van der Waals surface area contributed by atoms with Crippen molar-refractivity contribution in [2.75, 3.05) is 32.8 Å². The summed E-state index contributed by atoms with van der Waals surface area (Å²) in [5.74, 6) is -0.883. The molecule has 3 amide bonds. The average Bonchev–Trinajstić information content (AvgIpc) is 3.25. The minimum absolute atomic E-state index is 0.229. The molecule has 2 atom stereocenters. The Morgan fingerprint density at radius 3 is 2.68 bits per heavy atom. The van der Waals surface area contributed by atoms with Crippen LogP contribution < -0.4 is 11.1 Å². The highest BCUT2D eigenvalue weighted by atomic mass is 16.5. The van der Waals surface area contributed by atoms with E-state index in [0.717, 1.165) is 12.0 Å². The molecule has 0 bridgehead atoms. The summed E-state index contributed by atoms with van der Waals surface area (Å²) in [6.45, 7) is 3.83. The van der Waals surface area contributed by atoms with Crippen LogP contribution in [0.2, 0.25) is 0 Å². The van der Waals surface area contributed by atoms with E-state index in [-0.39, 0.29) is 24.9 Å². The van der Waals surface area contributed by atoms with Crippen LogP contribution in [0.15, 0.2) is 24.3 Å². The molecule has 0 spiro atoms. The van der Waals surface area contributed by atoms with E-state index in [1.165, 1.54) is 9.80 Å². The number of benzene rings is 1. The van der Waals surface area contributed by atoms with Crippen LogP contribution in [0.5, 0.6) is 0 Å². The molecule has 2 aliphatic rings. The lowest BCUT2D eigenvalue weighted by Gasteiger charge is -2.43. The van der Waals surface area contributed by atoms with Gasteiger partial charge < -0.3 is 25.6 Å². The Hall–Kier alpha value is -2.45. The molecule has 3 N–H and O–H groups in total. The first kappa shape index (κ1) is 20.3. The first-order chi connectivity index (χ1) is 13.5. The zero-order valence-electron chi connectivity index (χ0n) is 16.2. The predicted molar refractivity (Wildman–Crippen MR) is 103 cm³/mol. The molecule has 1 aromatic rings. The summed E-state index contributed by atoms with van der Waals surface area (Å²) in [7, 11) is 0. The number of nitrogens with two attached hydrogens (primary N) is 1. The predicted octanol–water partition coefficient (Wildman–Crippen LogP) is 0.250. The molecule has 2 saturated heterocycles. The summed E-state index contributed by atoms with van der Waals surface area (Å²) >= 11 is 0. The van der Waals surface area contributed by atoms with Gasteiger partial charge in [0.1, 0.15) is 6.10 Å². The Labute approximate surface area is 165 Å². The number of ether oxygens (including phenoxy) is 1. The standard InChI is InChI=1S/C20H28N4O4/c1-14-5-2-6-15(13-14)19(26)23-10-4-11-24(18(23)17(25)22-9-8-21)20(27)16-7-3-12-28-16/h2,5-6,13,16,18H,3-4,7-12,21H2,1H3,(H,22,25). The number of carbonyl (C=O) groups excluding carboxylic acids is 3. The van der Waals surface area contributed by atoms with Gasteiger partial charge in [0.25, 0.3) is 17.7 Å². The van der Waals surface area contributed by atoms with E-state index in [1.807, 2.05) is 19.1 Å². The molecule has 2 unspecified atom stereocenters. The van der Waals surface area contributed by atoms with Crippen molar-refractivity contribution in [1.82, 2.24) is 15.1 Å². The third-order valence-electron chi connectivity index (χ3n) is 5.08. The molecular weight excluding hydrogens is 360 g/mol. The van der Waals surface area contributed by atoms with Crippen molar-refractivity contribution in [3.8, 4) is 0 Å². The lowest BCUT2D eigenvalue weighted by atomic mass is 10.1. The number of nitrogens with zero attached hydrogens (tertiary/aromatic N) is 2. The molecule has 1 aromatic carbocycles. The Bertz CT molecular complexity index is 733. The average molecular weight is 388 g/mol. The van der Waals surface area contributed by atoms with Crippen molar-refractivity contribution in [1.29, 1.82) is 0 Å². The lowest BCUT2D eigenvalue weighted by Crippen LogP contribution is -2.65. The van der Waals surface area contributed by atoms with Gasteiger partial charge >= 0.3 is 0 Å². The third kappa shape index (κ3) is 4.34. The topological polar surface area (TPSA) is 105 Å². The van der Waals surface area contributed by atoms with Gasteiger partial charge in [-0.25, -0.2) is 0 Å². The molecule has 152 valence electrons.